The van der Waals surface area contributed by atoms with E-state index in [2.05, 4.69) is 55.2 Å². The zero-order valence-corrected chi connectivity index (χ0v) is 10.6. The van der Waals surface area contributed by atoms with E-state index in [0.29, 0.717) is 5.41 Å². The first-order chi connectivity index (χ1) is 8.28. The highest BCUT2D eigenvalue weighted by Gasteiger charge is 2.29. The third-order valence-corrected chi connectivity index (χ3v) is 4.39. The second-order valence-electron chi connectivity index (χ2n) is 5.14. The van der Waals surface area contributed by atoms with Crippen LogP contribution in [0.2, 0.25) is 0 Å². The molecule has 2 aromatic rings. The molecule has 1 nitrogen and oxygen atoms in total. The molecule has 0 saturated carbocycles. The molecule has 1 aromatic carbocycles. The van der Waals surface area contributed by atoms with Crippen molar-refractivity contribution < 1.29 is 0 Å². The Hall–Kier alpha value is -1.50. The van der Waals surface area contributed by atoms with Gasteiger partial charge in [0.2, 0.25) is 0 Å². The Kier molecular flexibility index (Phi) is 2.36. The Labute approximate surface area is 103 Å². The van der Waals surface area contributed by atoms with Gasteiger partial charge in [0.1, 0.15) is 0 Å². The van der Waals surface area contributed by atoms with E-state index < -0.39 is 0 Å². The van der Waals surface area contributed by atoms with Crippen LogP contribution < -0.4 is 0 Å². The molecule has 3 rings (SSSR count). The molecular formula is C16H19N. The van der Waals surface area contributed by atoms with Crippen molar-refractivity contribution in [2.45, 2.75) is 33.1 Å². The lowest BCUT2D eigenvalue weighted by molar-refractivity contribution is 0.349. The third-order valence-electron chi connectivity index (χ3n) is 4.39. The molecule has 0 atom stereocenters. The van der Waals surface area contributed by atoms with Crippen LogP contribution in [0.4, 0.5) is 0 Å². The lowest BCUT2D eigenvalue weighted by Crippen LogP contribution is -2.21. The predicted molar refractivity (Wildman–Crippen MR) is 74.1 cm³/mol. The van der Waals surface area contributed by atoms with Gasteiger partial charge in [-0.2, -0.15) is 0 Å². The summed E-state index contributed by atoms with van der Waals surface area (Å²) in [5, 5.41) is 1.40. The maximum atomic E-state index is 3.52. The van der Waals surface area contributed by atoms with Crippen LogP contribution in [0.5, 0.6) is 0 Å². The first kappa shape index (κ1) is 10.6. The van der Waals surface area contributed by atoms with Crippen molar-refractivity contribution in [2.24, 2.45) is 5.41 Å². The molecule has 1 aliphatic carbocycles. The van der Waals surface area contributed by atoms with Crippen LogP contribution >= 0.6 is 0 Å². The van der Waals surface area contributed by atoms with Crippen molar-refractivity contribution in [1.29, 1.82) is 0 Å². The average Bonchev–Trinajstić information content (AvgIpc) is 2.76. The van der Waals surface area contributed by atoms with Gasteiger partial charge < -0.3 is 4.98 Å². The molecule has 0 radical (unpaired) electrons. The number of allylic oxidation sites excluding steroid dienone is 1. The highest BCUT2D eigenvalue weighted by molar-refractivity contribution is 5.88. The highest BCUT2D eigenvalue weighted by atomic mass is 14.7. The normalized spacial score (nSPS) is 17.3. The lowest BCUT2D eigenvalue weighted by atomic mass is 9.73. The van der Waals surface area contributed by atoms with E-state index in [-0.39, 0.29) is 0 Å². The number of fused-ring (bicyclic) bond motifs is 3. The maximum Gasteiger partial charge on any atom is 0.0461 e. The zero-order valence-electron chi connectivity index (χ0n) is 10.6. The Bertz CT molecular complexity index is 570. The van der Waals surface area contributed by atoms with E-state index >= 15 is 0 Å². The SMILES string of the molecule is CCC1(CC)C=Cc2[nH]c3ccccc3c2C1. The summed E-state index contributed by atoms with van der Waals surface area (Å²) in [6.07, 6.45) is 8.31. The summed E-state index contributed by atoms with van der Waals surface area (Å²) in [6, 6.07) is 8.64. The number of hydrogen-bond donors (Lipinski definition) is 1. The summed E-state index contributed by atoms with van der Waals surface area (Å²) in [7, 11) is 0. The van der Waals surface area contributed by atoms with Gasteiger partial charge in [-0.15, -0.1) is 0 Å². The number of benzene rings is 1. The number of nitrogens with one attached hydrogen (secondary N) is 1. The minimum absolute atomic E-state index is 0.373. The van der Waals surface area contributed by atoms with E-state index in [1.165, 1.54) is 41.4 Å². The van der Waals surface area contributed by atoms with Crippen LogP contribution in [0, 0.1) is 5.41 Å². The van der Waals surface area contributed by atoms with Crippen LogP contribution in [0.15, 0.2) is 30.3 Å². The molecule has 88 valence electrons. The number of rotatable bonds is 2. The third kappa shape index (κ3) is 1.53. The van der Waals surface area contributed by atoms with Crippen molar-refractivity contribution in [3.63, 3.8) is 0 Å². The number of H-pyrrole nitrogens is 1. The topological polar surface area (TPSA) is 15.8 Å². The standard InChI is InChI=1S/C16H19N/c1-3-16(4-2)10-9-15-13(11-16)12-7-5-6-8-14(12)17-15/h5-10,17H,3-4,11H2,1-2H3. The van der Waals surface area contributed by atoms with Gasteiger partial charge in [0.05, 0.1) is 0 Å². The summed E-state index contributed by atoms with van der Waals surface area (Å²) in [6.45, 7) is 4.60. The van der Waals surface area contributed by atoms with Gasteiger partial charge >= 0.3 is 0 Å². The molecule has 1 aliphatic rings. The molecule has 1 N–H and O–H groups in total. The van der Waals surface area contributed by atoms with Gasteiger partial charge in [-0.1, -0.05) is 38.1 Å². The van der Waals surface area contributed by atoms with Crippen LogP contribution in [-0.2, 0) is 6.42 Å². The largest absolute Gasteiger partial charge is 0.355 e. The molecule has 1 heterocycles. The fraction of sp³-hybridized carbons (Fsp3) is 0.375. The number of para-hydroxylation sites is 1. The van der Waals surface area contributed by atoms with E-state index in [1.807, 2.05) is 0 Å². The molecule has 1 heteroatoms. The smallest absolute Gasteiger partial charge is 0.0461 e. The first-order valence-corrected chi connectivity index (χ1v) is 6.57. The zero-order chi connectivity index (χ0) is 11.9. The summed E-state index contributed by atoms with van der Waals surface area (Å²) < 4.78 is 0. The van der Waals surface area contributed by atoms with Gasteiger partial charge in [0, 0.05) is 16.6 Å². The number of hydrogen-bond acceptors (Lipinski definition) is 0. The van der Waals surface area contributed by atoms with E-state index in [0.717, 1.165) is 0 Å². The Morgan fingerprint density at radius 1 is 1.18 bits per heavy atom. The van der Waals surface area contributed by atoms with Crippen LogP contribution in [-0.4, -0.2) is 4.98 Å². The second kappa shape index (κ2) is 3.76. The summed E-state index contributed by atoms with van der Waals surface area (Å²) in [5.74, 6) is 0. The van der Waals surface area contributed by atoms with Crippen molar-refractivity contribution >= 4 is 17.0 Å². The van der Waals surface area contributed by atoms with Gasteiger partial charge in [0.25, 0.3) is 0 Å². The van der Waals surface area contributed by atoms with Crippen molar-refractivity contribution in [3.8, 4) is 0 Å². The van der Waals surface area contributed by atoms with Crippen molar-refractivity contribution in [3.05, 3.63) is 41.6 Å². The van der Waals surface area contributed by atoms with Gasteiger partial charge in [0.15, 0.2) is 0 Å². The minimum atomic E-state index is 0.373. The molecule has 0 spiro atoms. The molecule has 0 bridgehead atoms. The summed E-state index contributed by atoms with van der Waals surface area (Å²) >= 11 is 0. The lowest BCUT2D eigenvalue weighted by Gasteiger charge is -2.31. The average molecular weight is 225 g/mol. The Balaban J connectivity index is 2.17. The van der Waals surface area contributed by atoms with Crippen LogP contribution in [0.1, 0.15) is 37.9 Å². The van der Waals surface area contributed by atoms with E-state index in [9.17, 15) is 0 Å². The number of aromatic amines is 1. The van der Waals surface area contributed by atoms with Crippen LogP contribution in [0.3, 0.4) is 0 Å². The molecule has 0 unspecified atom stereocenters. The van der Waals surface area contributed by atoms with Crippen molar-refractivity contribution in [1.82, 2.24) is 4.98 Å². The molecule has 0 saturated heterocycles. The molecule has 0 amide bonds. The fourth-order valence-corrected chi connectivity index (χ4v) is 2.96. The van der Waals surface area contributed by atoms with Crippen LogP contribution in [0.25, 0.3) is 17.0 Å². The van der Waals surface area contributed by atoms with Gasteiger partial charge in [-0.3, -0.25) is 0 Å². The minimum Gasteiger partial charge on any atom is -0.355 e. The van der Waals surface area contributed by atoms with E-state index in [1.54, 1.807) is 0 Å². The first-order valence-electron chi connectivity index (χ1n) is 6.57. The molecular weight excluding hydrogens is 206 g/mol. The fourth-order valence-electron chi connectivity index (χ4n) is 2.96. The van der Waals surface area contributed by atoms with Crippen molar-refractivity contribution in [2.75, 3.05) is 0 Å². The van der Waals surface area contributed by atoms with E-state index in [4.69, 9.17) is 0 Å². The molecule has 1 aromatic heterocycles. The highest BCUT2D eigenvalue weighted by Crippen LogP contribution is 2.40. The summed E-state index contributed by atoms with van der Waals surface area (Å²) in [5.41, 5.74) is 4.46. The Morgan fingerprint density at radius 3 is 2.71 bits per heavy atom. The maximum absolute atomic E-state index is 3.52. The monoisotopic (exact) mass is 225 g/mol. The Morgan fingerprint density at radius 2 is 1.94 bits per heavy atom. The molecule has 0 fully saturated rings. The van der Waals surface area contributed by atoms with Gasteiger partial charge in [-0.25, -0.2) is 0 Å². The second-order valence-corrected chi connectivity index (χ2v) is 5.14. The predicted octanol–water partition coefficient (Wildman–Crippen LogP) is 4.54. The molecule has 17 heavy (non-hydrogen) atoms. The summed E-state index contributed by atoms with van der Waals surface area (Å²) in [4.78, 5) is 3.52. The van der Waals surface area contributed by atoms with Gasteiger partial charge in [-0.05, 0) is 42.4 Å². The number of aromatic nitrogens is 1. The molecule has 0 aliphatic heterocycles. The quantitative estimate of drug-likeness (QED) is 0.772.